The zero-order chi connectivity index (χ0) is 19.8. The minimum Gasteiger partial charge on any atom is -0.507 e. The third kappa shape index (κ3) is 3.00. The summed E-state index contributed by atoms with van der Waals surface area (Å²) in [5.41, 5.74) is 1.63. The molecule has 0 radical (unpaired) electrons. The summed E-state index contributed by atoms with van der Waals surface area (Å²) >= 11 is 6.33. The number of hydrogen-bond acceptors (Lipinski definition) is 5. The maximum atomic E-state index is 15.5. The highest BCUT2D eigenvalue weighted by Crippen LogP contribution is 2.44. The predicted octanol–water partition coefficient (Wildman–Crippen LogP) is 3.99. The number of halogens is 3. The van der Waals surface area contributed by atoms with Crippen molar-refractivity contribution in [3.05, 3.63) is 47.1 Å². The van der Waals surface area contributed by atoms with E-state index >= 15 is 4.39 Å². The standard InChI is InChI=1S/C20H19ClF2N4O/c1-24-14-10-26-13-9-11(16-12(22)3-2-4-15(16)28)18(21)19(23)17(13)20(14)27-7-5-25-6-8-27/h2-4,9-10,24-25,28H,5-8H2,1H3. The fourth-order valence-corrected chi connectivity index (χ4v) is 3.87. The van der Waals surface area contributed by atoms with Crippen LogP contribution < -0.4 is 15.5 Å². The average Bonchev–Trinajstić information content (AvgIpc) is 2.71. The Kier molecular flexibility index (Phi) is 4.95. The summed E-state index contributed by atoms with van der Waals surface area (Å²) in [5, 5.41) is 16.5. The van der Waals surface area contributed by atoms with E-state index in [-0.39, 0.29) is 27.3 Å². The number of phenolic OH excluding ortho intramolecular Hbond substituents is 1. The van der Waals surface area contributed by atoms with Crippen molar-refractivity contribution in [1.82, 2.24) is 10.3 Å². The van der Waals surface area contributed by atoms with E-state index in [2.05, 4.69) is 20.5 Å². The molecule has 0 unspecified atom stereocenters. The number of hydrogen-bond donors (Lipinski definition) is 3. The topological polar surface area (TPSA) is 60.4 Å². The molecule has 0 spiro atoms. The maximum Gasteiger partial charge on any atom is 0.153 e. The van der Waals surface area contributed by atoms with Crippen molar-refractivity contribution in [3.8, 4) is 16.9 Å². The Balaban J connectivity index is 2.01. The summed E-state index contributed by atoms with van der Waals surface area (Å²) < 4.78 is 29.8. The third-order valence-electron chi connectivity index (χ3n) is 4.97. The van der Waals surface area contributed by atoms with Crippen LogP contribution in [0.4, 0.5) is 20.2 Å². The number of phenols is 1. The van der Waals surface area contributed by atoms with Gasteiger partial charge in [0.1, 0.15) is 11.6 Å². The monoisotopic (exact) mass is 404 g/mol. The second-order valence-corrected chi connectivity index (χ2v) is 6.97. The molecule has 0 atom stereocenters. The molecule has 3 aromatic rings. The van der Waals surface area contributed by atoms with E-state index in [1.54, 1.807) is 13.2 Å². The van der Waals surface area contributed by atoms with E-state index in [4.69, 9.17) is 11.6 Å². The van der Waals surface area contributed by atoms with E-state index in [1.807, 2.05) is 0 Å². The highest BCUT2D eigenvalue weighted by molar-refractivity contribution is 6.34. The lowest BCUT2D eigenvalue weighted by Gasteiger charge is -2.32. The Bertz CT molecular complexity index is 1030. The molecule has 1 aliphatic heterocycles. The maximum absolute atomic E-state index is 15.5. The number of aromatic hydroxyl groups is 1. The van der Waals surface area contributed by atoms with Crippen LogP contribution >= 0.6 is 11.6 Å². The Morgan fingerprint density at radius 1 is 1.25 bits per heavy atom. The fourth-order valence-electron chi connectivity index (χ4n) is 3.63. The summed E-state index contributed by atoms with van der Waals surface area (Å²) in [6.07, 6.45) is 1.62. The van der Waals surface area contributed by atoms with Crippen molar-refractivity contribution in [2.24, 2.45) is 0 Å². The molecule has 3 N–H and O–H groups in total. The van der Waals surface area contributed by atoms with Crippen molar-refractivity contribution in [3.63, 3.8) is 0 Å². The van der Waals surface area contributed by atoms with Crippen LogP contribution in [0.15, 0.2) is 30.5 Å². The summed E-state index contributed by atoms with van der Waals surface area (Å²) in [4.78, 5) is 6.42. The molecule has 1 aliphatic rings. The quantitative estimate of drug-likeness (QED) is 0.616. The molecule has 28 heavy (non-hydrogen) atoms. The number of rotatable bonds is 3. The second-order valence-electron chi connectivity index (χ2n) is 6.59. The van der Waals surface area contributed by atoms with Crippen LogP contribution in [0.2, 0.25) is 5.02 Å². The number of piperazine rings is 1. The summed E-state index contributed by atoms with van der Waals surface area (Å²) in [7, 11) is 1.75. The Morgan fingerprint density at radius 3 is 2.68 bits per heavy atom. The van der Waals surface area contributed by atoms with Crippen molar-refractivity contribution in [1.29, 1.82) is 0 Å². The molecule has 2 heterocycles. The van der Waals surface area contributed by atoms with Crippen LogP contribution in [0.25, 0.3) is 22.0 Å². The van der Waals surface area contributed by atoms with Gasteiger partial charge in [0, 0.05) is 38.8 Å². The Hall–Kier alpha value is -2.64. The number of nitrogens with zero attached hydrogens (tertiary/aromatic N) is 2. The van der Waals surface area contributed by atoms with Gasteiger partial charge >= 0.3 is 0 Å². The van der Waals surface area contributed by atoms with E-state index in [0.717, 1.165) is 13.1 Å². The van der Waals surface area contributed by atoms with Gasteiger partial charge in [0.15, 0.2) is 5.82 Å². The van der Waals surface area contributed by atoms with Crippen LogP contribution in [0.1, 0.15) is 0 Å². The van der Waals surface area contributed by atoms with E-state index < -0.39 is 11.6 Å². The predicted molar refractivity (Wildman–Crippen MR) is 108 cm³/mol. The first-order valence-electron chi connectivity index (χ1n) is 8.95. The van der Waals surface area contributed by atoms with Crippen molar-refractivity contribution in [2.75, 3.05) is 43.4 Å². The van der Waals surface area contributed by atoms with Gasteiger partial charge in [-0.1, -0.05) is 17.7 Å². The van der Waals surface area contributed by atoms with Gasteiger partial charge in [-0.25, -0.2) is 8.78 Å². The van der Waals surface area contributed by atoms with E-state index in [0.29, 0.717) is 30.0 Å². The first-order valence-corrected chi connectivity index (χ1v) is 9.32. The smallest absolute Gasteiger partial charge is 0.153 e. The fraction of sp³-hybridized carbons (Fsp3) is 0.250. The number of anilines is 2. The lowest BCUT2D eigenvalue weighted by atomic mass is 10.00. The van der Waals surface area contributed by atoms with Crippen molar-refractivity contribution < 1.29 is 13.9 Å². The van der Waals surface area contributed by atoms with Crippen LogP contribution in [-0.2, 0) is 0 Å². The first kappa shape index (κ1) is 18.7. The van der Waals surface area contributed by atoms with Gasteiger partial charge in [-0.05, 0) is 18.2 Å². The Labute approximate surface area is 165 Å². The molecule has 2 aromatic carbocycles. The molecule has 4 rings (SSSR count). The highest BCUT2D eigenvalue weighted by Gasteiger charge is 2.25. The van der Waals surface area contributed by atoms with Crippen LogP contribution in [0, 0.1) is 11.6 Å². The molecule has 146 valence electrons. The molecule has 0 saturated carbocycles. The molecule has 0 aliphatic carbocycles. The molecule has 5 nitrogen and oxygen atoms in total. The zero-order valence-corrected chi connectivity index (χ0v) is 15.9. The third-order valence-corrected chi connectivity index (χ3v) is 5.34. The van der Waals surface area contributed by atoms with Crippen molar-refractivity contribution >= 4 is 33.9 Å². The van der Waals surface area contributed by atoms with E-state index in [1.165, 1.54) is 24.3 Å². The van der Waals surface area contributed by atoms with Crippen LogP contribution in [0.5, 0.6) is 5.75 Å². The van der Waals surface area contributed by atoms with Gasteiger partial charge in [0.25, 0.3) is 0 Å². The zero-order valence-electron chi connectivity index (χ0n) is 15.2. The Morgan fingerprint density at radius 2 is 2.00 bits per heavy atom. The van der Waals surface area contributed by atoms with Gasteiger partial charge in [-0.15, -0.1) is 0 Å². The molecule has 0 bridgehead atoms. The van der Waals surface area contributed by atoms with Gasteiger partial charge < -0.3 is 20.6 Å². The molecule has 1 saturated heterocycles. The lowest BCUT2D eigenvalue weighted by molar-refractivity contribution is 0.472. The van der Waals surface area contributed by atoms with Gasteiger partial charge in [-0.3, -0.25) is 4.98 Å². The molecule has 8 heteroatoms. The van der Waals surface area contributed by atoms with Crippen LogP contribution in [-0.4, -0.2) is 43.3 Å². The molecule has 1 aromatic heterocycles. The van der Waals surface area contributed by atoms with Crippen molar-refractivity contribution in [2.45, 2.75) is 0 Å². The minimum atomic E-state index is -0.685. The van der Waals surface area contributed by atoms with E-state index in [9.17, 15) is 9.50 Å². The summed E-state index contributed by atoms with van der Waals surface area (Å²) in [5.74, 6) is -1.68. The first-order chi connectivity index (χ1) is 13.5. The largest absolute Gasteiger partial charge is 0.507 e. The average molecular weight is 405 g/mol. The number of fused-ring (bicyclic) bond motifs is 1. The number of benzene rings is 2. The van der Waals surface area contributed by atoms with Gasteiger partial charge in [0.05, 0.1) is 39.1 Å². The van der Waals surface area contributed by atoms with Gasteiger partial charge in [-0.2, -0.15) is 0 Å². The summed E-state index contributed by atoms with van der Waals surface area (Å²) in [6, 6.07) is 5.42. The number of pyridine rings is 1. The SMILES string of the molecule is CNc1cnc2cc(-c3c(O)cccc3F)c(Cl)c(F)c2c1N1CCNCC1. The lowest BCUT2D eigenvalue weighted by Crippen LogP contribution is -2.43. The molecule has 0 amide bonds. The second kappa shape index (κ2) is 7.41. The minimum absolute atomic E-state index is 0.0678. The normalized spacial score (nSPS) is 14.5. The molecular formula is C20H19ClF2N4O. The summed E-state index contributed by atoms with van der Waals surface area (Å²) in [6.45, 7) is 2.98. The number of nitrogens with one attached hydrogen (secondary N) is 2. The molecular weight excluding hydrogens is 386 g/mol. The molecule has 1 fully saturated rings. The van der Waals surface area contributed by atoms with Crippen LogP contribution in [0.3, 0.4) is 0 Å². The van der Waals surface area contributed by atoms with Gasteiger partial charge in [0.2, 0.25) is 0 Å². The number of aromatic nitrogens is 1. The highest BCUT2D eigenvalue weighted by atomic mass is 35.5.